The predicted molar refractivity (Wildman–Crippen MR) is 112 cm³/mol. The zero-order valence-electron chi connectivity index (χ0n) is 15.2. The normalized spacial score (nSPS) is 13.2. The number of para-hydroxylation sites is 1. The van der Waals surface area contributed by atoms with E-state index in [1.54, 1.807) is 17.4 Å². The van der Waals surface area contributed by atoms with Gasteiger partial charge < -0.3 is 20.1 Å². The van der Waals surface area contributed by atoms with E-state index in [0.29, 0.717) is 42.8 Å². The third kappa shape index (κ3) is 4.48. The van der Waals surface area contributed by atoms with Crippen molar-refractivity contribution in [3.05, 3.63) is 47.0 Å². The van der Waals surface area contributed by atoms with E-state index in [0.717, 1.165) is 27.3 Å². The number of rotatable bonds is 6. The first-order chi connectivity index (χ1) is 13.7. The van der Waals surface area contributed by atoms with Gasteiger partial charge in [0.05, 0.1) is 34.9 Å². The molecular weight excluding hydrogens is 398 g/mol. The van der Waals surface area contributed by atoms with E-state index in [4.69, 9.17) is 21.1 Å². The van der Waals surface area contributed by atoms with Crippen LogP contribution in [0, 0.1) is 0 Å². The minimum Gasteiger partial charge on any atom is -0.489 e. The zero-order valence-corrected chi connectivity index (χ0v) is 16.7. The molecule has 1 aromatic heterocycles. The third-order valence-corrected chi connectivity index (χ3v) is 5.52. The number of anilines is 1. The number of hydrogen-bond acceptors (Lipinski definition) is 6. The Kier molecular flexibility index (Phi) is 5.83. The lowest BCUT2D eigenvalue weighted by Crippen LogP contribution is -2.30. The fourth-order valence-corrected chi connectivity index (χ4v) is 4.13. The summed E-state index contributed by atoms with van der Waals surface area (Å²) in [6.07, 6.45) is 1.04. The van der Waals surface area contributed by atoms with Crippen LogP contribution >= 0.6 is 22.9 Å². The largest absolute Gasteiger partial charge is 0.489 e. The van der Waals surface area contributed by atoms with Crippen LogP contribution in [-0.2, 0) is 11.2 Å². The Morgan fingerprint density at radius 2 is 2.04 bits per heavy atom. The summed E-state index contributed by atoms with van der Waals surface area (Å²) < 4.78 is 12.4. The number of hydrogen-bond donors (Lipinski definition) is 2. The van der Waals surface area contributed by atoms with Crippen LogP contribution in [0.2, 0.25) is 5.02 Å². The maximum Gasteiger partial charge on any atom is 0.224 e. The molecule has 2 heterocycles. The maximum absolute atomic E-state index is 12.2. The van der Waals surface area contributed by atoms with E-state index in [2.05, 4.69) is 15.6 Å². The first-order valence-corrected chi connectivity index (χ1v) is 10.3. The molecule has 0 radical (unpaired) electrons. The van der Waals surface area contributed by atoms with Gasteiger partial charge in [-0.1, -0.05) is 35.1 Å². The first kappa shape index (κ1) is 18.8. The summed E-state index contributed by atoms with van der Waals surface area (Å²) in [6, 6.07) is 11.6. The number of benzene rings is 2. The highest BCUT2D eigenvalue weighted by Crippen LogP contribution is 2.38. The van der Waals surface area contributed by atoms with E-state index in [1.165, 1.54) is 0 Å². The number of carbonyl (C=O) groups is 1. The van der Waals surface area contributed by atoms with E-state index in [1.807, 2.05) is 30.3 Å². The number of nitrogens with zero attached hydrogens (tertiary/aromatic N) is 1. The molecule has 0 saturated carbocycles. The number of aromatic nitrogens is 1. The number of carbonyl (C=O) groups excluding carboxylic acids is 1. The Bertz CT molecular complexity index is 959. The van der Waals surface area contributed by atoms with Gasteiger partial charge in [0.2, 0.25) is 5.91 Å². The van der Waals surface area contributed by atoms with Gasteiger partial charge in [0, 0.05) is 19.5 Å². The molecule has 4 rings (SSSR count). The molecule has 0 spiro atoms. The van der Waals surface area contributed by atoms with Crippen LogP contribution in [0.4, 0.5) is 5.13 Å². The molecule has 1 aliphatic rings. The number of amides is 1. The molecule has 146 valence electrons. The molecule has 0 fully saturated rings. The quantitative estimate of drug-likeness (QED) is 0.595. The fourth-order valence-electron chi connectivity index (χ4n) is 2.95. The average molecular weight is 418 g/mol. The zero-order chi connectivity index (χ0) is 19.3. The van der Waals surface area contributed by atoms with E-state index >= 15 is 0 Å². The van der Waals surface area contributed by atoms with Crippen molar-refractivity contribution in [3.8, 4) is 11.5 Å². The van der Waals surface area contributed by atoms with Crippen LogP contribution < -0.4 is 20.1 Å². The van der Waals surface area contributed by atoms with Crippen LogP contribution in [0.1, 0.15) is 12.0 Å². The van der Waals surface area contributed by atoms with Gasteiger partial charge in [0.15, 0.2) is 16.6 Å². The average Bonchev–Trinajstić information content (AvgIpc) is 2.94. The first-order valence-electron chi connectivity index (χ1n) is 9.13. The molecule has 8 heteroatoms. The van der Waals surface area contributed by atoms with E-state index in [-0.39, 0.29) is 12.3 Å². The number of thiazole rings is 1. The van der Waals surface area contributed by atoms with Gasteiger partial charge >= 0.3 is 0 Å². The van der Waals surface area contributed by atoms with Crippen LogP contribution in [0.25, 0.3) is 10.2 Å². The van der Waals surface area contributed by atoms with Crippen molar-refractivity contribution in [2.24, 2.45) is 0 Å². The molecule has 0 bridgehead atoms. The summed E-state index contributed by atoms with van der Waals surface area (Å²) >= 11 is 7.88. The molecule has 0 aliphatic carbocycles. The Hall–Kier alpha value is -2.51. The van der Waals surface area contributed by atoms with E-state index < -0.39 is 0 Å². The molecule has 1 amide bonds. The van der Waals surface area contributed by atoms with E-state index in [9.17, 15) is 4.79 Å². The van der Waals surface area contributed by atoms with Gasteiger partial charge in [0.25, 0.3) is 0 Å². The van der Waals surface area contributed by atoms with Crippen molar-refractivity contribution >= 4 is 44.2 Å². The lowest BCUT2D eigenvalue weighted by molar-refractivity contribution is -0.120. The van der Waals surface area contributed by atoms with Gasteiger partial charge in [-0.05, 0) is 29.8 Å². The van der Waals surface area contributed by atoms with Crippen LogP contribution in [0.15, 0.2) is 36.4 Å². The molecule has 2 aromatic carbocycles. The lowest BCUT2D eigenvalue weighted by atomic mass is 10.1. The molecule has 0 saturated heterocycles. The highest BCUT2D eigenvalue weighted by Gasteiger charge is 2.16. The summed E-state index contributed by atoms with van der Waals surface area (Å²) in [5, 5.41) is 7.48. The van der Waals surface area contributed by atoms with Crippen molar-refractivity contribution in [1.29, 1.82) is 0 Å². The monoisotopic (exact) mass is 417 g/mol. The molecular formula is C20H20ClN3O3S. The van der Waals surface area contributed by atoms with Crippen LogP contribution in [0.5, 0.6) is 11.5 Å². The predicted octanol–water partition coefficient (Wildman–Crippen LogP) is 3.88. The minimum atomic E-state index is -0.0725. The minimum absolute atomic E-state index is 0.0725. The fraction of sp³-hybridized carbons (Fsp3) is 0.300. The van der Waals surface area contributed by atoms with Crippen LogP contribution in [0.3, 0.4) is 0 Å². The lowest BCUT2D eigenvalue weighted by Gasteiger charge is -2.12. The van der Waals surface area contributed by atoms with Crippen LogP contribution in [-0.4, -0.2) is 37.2 Å². The maximum atomic E-state index is 12.2. The molecule has 28 heavy (non-hydrogen) atoms. The van der Waals surface area contributed by atoms with Gasteiger partial charge in [0.1, 0.15) is 0 Å². The second kappa shape index (κ2) is 8.67. The van der Waals surface area contributed by atoms with Crippen molar-refractivity contribution in [1.82, 2.24) is 10.3 Å². The van der Waals surface area contributed by atoms with Gasteiger partial charge in [-0.15, -0.1) is 0 Å². The molecule has 1 aliphatic heterocycles. The highest BCUT2D eigenvalue weighted by atomic mass is 35.5. The smallest absolute Gasteiger partial charge is 0.224 e. The van der Waals surface area contributed by atoms with Gasteiger partial charge in [-0.25, -0.2) is 4.98 Å². The Morgan fingerprint density at radius 3 is 2.93 bits per heavy atom. The summed E-state index contributed by atoms with van der Waals surface area (Å²) in [7, 11) is 0. The second-order valence-corrected chi connectivity index (χ2v) is 7.83. The standard InChI is InChI=1S/C20H20ClN3O3S/c21-14-10-13(11-16-19(14)27-9-3-8-26-16)12-18(25)22-6-7-23-20-24-15-4-1-2-5-17(15)28-20/h1-2,4-5,10-11H,3,6-9,12H2,(H,22,25)(H,23,24). The Morgan fingerprint density at radius 1 is 1.18 bits per heavy atom. The summed E-state index contributed by atoms with van der Waals surface area (Å²) in [5.74, 6) is 1.09. The third-order valence-electron chi connectivity index (χ3n) is 4.24. The van der Waals surface area contributed by atoms with Crippen molar-refractivity contribution in [2.45, 2.75) is 12.8 Å². The summed E-state index contributed by atoms with van der Waals surface area (Å²) in [5.41, 5.74) is 1.77. The molecule has 2 N–H and O–H groups in total. The molecule has 0 atom stereocenters. The Labute approximate surface area is 171 Å². The number of fused-ring (bicyclic) bond motifs is 2. The van der Waals surface area contributed by atoms with Crippen molar-refractivity contribution in [2.75, 3.05) is 31.6 Å². The highest BCUT2D eigenvalue weighted by molar-refractivity contribution is 7.22. The SMILES string of the molecule is O=C(Cc1cc(Cl)c2c(c1)OCCCO2)NCCNc1nc2ccccc2s1. The summed E-state index contributed by atoms with van der Waals surface area (Å²) in [4.78, 5) is 16.8. The van der Waals surface area contributed by atoms with Crippen molar-refractivity contribution < 1.29 is 14.3 Å². The molecule has 0 unspecified atom stereocenters. The molecule has 3 aromatic rings. The summed E-state index contributed by atoms with van der Waals surface area (Å²) in [6.45, 7) is 2.27. The van der Waals surface area contributed by atoms with Gasteiger partial charge in [-0.3, -0.25) is 4.79 Å². The number of nitrogens with one attached hydrogen (secondary N) is 2. The molecule has 6 nitrogen and oxygen atoms in total. The topological polar surface area (TPSA) is 72.5 Å². The second-order valence-electron chi connectivity index (χ2n) is 6.40. The number of ether oxygens (including phenoxy) is 2. The Balaban J connectivity index is 1.27. The van der Waals surface area contributed by atoms with Crippen molar-refractivity contribution in [3.63, 3.8) is 0 Å². The van der Waals surface area contributed by atoms with Gasteiger partial charge in [-0.2, -0.15) is 0 Å². The number of halogens is 1.